The first kappa shape index (κ1) is 27.7. The molecule has 6 nitrogen and oxygen atoms in total. The van der Waals surface area contributed by atoms with E-state index >= 15 is 0 Å². The molecule has 1 aliphatic rings. The number of fused-ring (bicyclic) bond motifs is 1. The number of hydrogen-bond acceptors (Lipinski definition) is 5. The predicted molar refractivity (Wildman–Crippen MR) is 152 cm³/mol. The molecule has 0 N–H and O–H groups in total. The van der Waals surface area contributed by atoms with E-state index in [-0.39, 0.29) is 30.4 Å². The zero-order valence-corrected chi connectivity index (χ0v) is 23.8. The highest BCUT2D eigenvalue weighted by atomic mass is 32.1. The van der Waals surface area contributed by atoms with Crippen LogP contribution in [0.4, 0.5) is 0 Å². The lowest BCUT2D eigenvalue weighted by molar-refractivity contribution is -0.136. The summed E-state index contributed by atoms with van der Waals surface area (Å²) in [4.78, 5) is 32.2. The van der Waals surface area contributed by atoms with Crippen molar-refractivity contribution in [2.45, 2.75) is 58.5 Å². The molecule has 7 heteroatoms. The normalized spacial score (nSPS) is 15.6. The third kappa shape index (κ3) is 6.21. The van der Waals surface area contributed by atoms with Gasteiger partial charge in [0.25, 0.3) is 5.91 Å². The molecule has 0 bridgehead atoms. The van der Waals surface area contributed by atoms with E-state index in [0.29, 0.717) is 30.4 Å². The quantitative estimate of drug-likeness (QED) is 0.305. The predicted octanol–water partition coefficient (Wildman–Crippen LogP) is 6.33. The molecule has 0 radical (unpaired) electrons. The summed E-state index contributed by atoms with van der Waals surface area (Å²) in [6.07, 6.45) is 1.56. The molecule has 0 saturated carbocycles. The monoisotopic (exact) mass is 534 g/mol. The number of hydrogen-bond donors (Lipinski definition) is 0. The van der Waals surface area contributed by atoms with Gasteiger partial charge in [0.05, 0.1) is 13.2 Å². The van der Waals surface area contributed by atoms with Gasteiger partial charge in [-0.3, -0.25) is 9.59 Å². The van der Waals surface area contributed by atoms with E-state index < -0.39 is 0 Å². The van der Waals surface area contributed by atoms with Crippen LogP contribution in [0.15, 0.2) is 60.0 Å². The number of carbonyl (C=O) groups is 2. The molecule has 2 atom stereocenters. The molecular formula is C31H38N2O4S. The van der Waals surface area contributed by atoms with Crippen LogP contribution >= 0.6 is 11.3 Å². The van der Waals surface area contributed by atoms with Crippen LogP contribution in [0.2, 0.25) is 0 Å². The fourth-order valence-corrected chi connectivity index (χ4v) is 5.73. The van der Waals surface area contributed by atoms with Crippen molar-refractivity contribution in [1.82, 2.24) is 9.80 Å². The van der Waals surface area contributed by atoms with Crippen molar-refractivity contribution in [1.29, 1.82) is 0 Å². The Kier molecular flexibility index (Phi) is 9.10. The highest BCUT2D eigenvalue weighted by Crippen LogP contribution is 2.34. The minimum Gasteiger partial charge on any atom is -0.497 e. The van der Waals surface area contributed by atoms with E-state index in [1.54, 1.807) is 41.5 Å². The minimum atomic E-state index is -0.201. The second-order valence-corrected chi connectivity index (χ2v) is 11.1. The lowest BCUT2D eigenvalue weighted by Crippen LogP contribution is -2.49. The van der Waals surface area contributed by atoms with Gasteiger partial charge in [-0.25, -0.2) is 0 Å². The molecule has 0 unspecified atom stereocenters. The summed E-state index contributed by atoms with van der Waals surface area (Å²) in [6, 6.07) is 17.1. The molecule has 0 spiro atoms. The molecule has 0 saturated heterocycles. The lowest BCUT2D eigenvalue weighted by atomic mass is 10.00. The summed E-state index contributed by atoms with van der Waals surface area (Å²) in [5, 5.41) is 2.08. The SMILES string of the molecule is CC[C@H](C)N(CC(=O)N1CCc2sccc2[C@@H]1COc1ccc(C(C)C)cc1)C(=O)c1cccc(OC)c1. The minimum absolute atomic E-state index is 0.0180. The topological polar surface area (TPSA) is 59.1 Å². The fourth-order valence-electron chi connectivity index (χ4n) is 4.81. The van der Waals surface area contributed by atoms with Gasteiger partial charge >= 0.3 is 0 Å². The van der Waals surface area contributed by atoms with Crippen molar-refractivity contribution in [3.8, 4) is 11.5 Å². The molecule has 1 aliphatic heterocycles. The molecule has 2 amide bonds. The van der Waals surface area contributed by atoms with Gasteiger partial charge in [-0.15, -0.1) is 11.3 Å². The maximum atomic E-state index is 13.8. The van der Waals surface area contributed by atoms with Crippen molar-refractivity contribution in [3.05, 3.63) is 81.5 Å². The van der Waals surface area contributed by atoms with Crippen molar-refractivity contribution in [2.24, 2.45) is 0 Å². The van der Waals surface area contributed by atoms with Gasteiger partial charge in [0.2, 0.25) is 5.91 Å². The van der Waals surface area contributed by atoms with Gasteiger partial charge in [0.15, 0.2) is 0 Å². The molecular weight excluding hydrogens is 496 g/mol. The summed E-state index contributed by atoms with van der Waals surface area (Å²) in [5.74, 6) is 1.63. The van der Waals surface area contributed by atoms with E-state index in [9.17, 15) is 9.59 Å². The summed E-state index contributed by atoms with van der Waals surface area (Å²) >= 11 is 1.73. The number of thiophene rings is 1. The van der Waals surface area contributed by atoms with E-state index in [1.165, 1.54) is 10.4 Å². The average molecular weight is 535 g/mol. The van der Waals surface area contributed by atoms with E-state index in [1.807, 2.05) is 36.9 Å². The Morgan fingerprint density at radius 1 is 1.08 bits per heavy atom. The van der Waals surface area contributed by atoms with Crippen LogP contribution in [0.5, 0.6) is 11.5 Å². The van der Waals surface area contributed by atoms with Gasteiger partial charge in [0, 0.05) is 23.0 Å². The van der Waals surface area contributed by atoms with E-state index in [2.05, 4.69) is 37.4 Å². The van der Waals surface area contributed by atoms with Crippen LogP contribution in [-0.2, 0) is 11.2 Å². The highest BCUT2D eigenvalue weighted by molar-refractivity contribution is 7.10. The van der Waals surface area contributed by atoms with Crippen molar-refractivity contribution in [3.63, 3.8) is 0 Å². The molecule has 38 heavy (non-hydrogen) atoms. The zero-order chi connectivity index (χ0) is 27.2. The molecule has 3 aromatic rings. The van der Waals surface area contributed by atoms with E-state index in [0.717, 1.165) is 24.2 Å². The van der Waals surface area contributed by atoms with Crippen LogP contribution in [0.25, 0.3) is 0 Å². The molecule has 0 aliphatic carbocycles. The average Bonchev–Trinajstić information content (AvgIpc) is 3.43. The summed E-state index contributed by atoms with van der Waals surface area (Å²) in [6.45, 7) is 9.34. The molecule has 202 valence electrons. The number of nitrogens with zero attached hydrogens (tertiary/aromatic N) is 2. The smallest absolute Gasteiger partial charge is 0.254 e. The second-order valence-electron chi connectivity index (χ2n) is 10.1. The zero-order valence-electron chi connectivity index (χ0n) is 23.0. The Balaban J connectivity index is 1.53. The van der Waals surface area contributed by atoms with Gasteiger partial charge in [-0.1, -0.05) is 39.0 Å². The number of benzene rings is 2. The Morgan fingerprint density at radius 3 is 2.53 bits per heavy atom. The highest BCUT2D eigenvalue weighted by Gasteiger charge is 2.34. The maximum Gasteiger partial charge on any atom is 0.254 e. The van der Waals surface area contributed by atoms with Crippen molar-refractivity contribution < 1.29 is 19.1 Å². The van der Waals surface area contributed by atoms with Gasteiger partial charge in [-0.05, 0) is 78.6 Å². The number of amides is 2. The summed E-state index contributed by atoms with van der Waals surface area (Å²) in [7, 11) is 1.58. The fraction of sp³-hybridized carbons (Fsp3) is 0.419. The van der Waals surface area contributed by atoms with Crippen LogP contribution in [0.3, 0.4) is 0 Å². The number of ether oxygens (including phenoxy) is 2. The Labute approximate surface area is 230 Å². The first-order chi connectivity index (χ1) is 18.3. The molecule has 0 fully saturated rings. The first-order valence-electron chi connectivity index (χ1n) is 13.4. The number of carbonyl (C=O) groups excluding carboxylic acids is 2. The maximum absolute atomic E-state index is 13.8. The number of rotatable bonds is 10. The van der Waals surface area contributed by atoms with Crippen molar-refractivity contribution >= 4 is 23.2 Å². The number of methoxy groups -OCH3 is 1. The van der Waals surface area contributed by atoms with Crippen LogP contribution < -0.4 is 9.47 Å². The molecule has 1 aromatic heterocycles. The Morgan fingerprint density at radius 2 is 1.84 bits per heavy atom. The standard InChI is InChI=1S/C31H38N2O4S/c1-6-22(4)33(31(35)24-8-7-9-26(18-24)36-5)19-30(34)32-16-14-29-27(15-17-38-29)28(32)20-37-25-12-10-23(11-13-25)21(2)3/h7-13,15,17-18,21-22,28H,6,14,16,19-20H2,1-5H3/t22-,28-/m0/s1. The first-order valence-corrected chi connectivity index (χ1v) is 14.2. The van der Waals surface area contributed by atoms with Crippen LogP contribution in [-0.4, -0.2) is 54.5 Å². The van der Waals surface area contributed by atoms with Crippen LogP contribution in [0.1, 0.15) is 72.4 Å². The molecule has 2 heterocycles. The van der Waals surface area contributed by atoms with Gasteiger partial charge < -0.3 is 19.3 Å². The van der Waals surface area contributed by atoms with Gasteiger partial charge in [0.1, 0.15) is 24.7 Å². The van der Waals surface area contributed by atoms with Crippen LogP contribution in [0, 0.1) is 0 Å². The largest absolute Gasteiger partial charge is 0.497 e. The molecule has 4 rings (SSSR count). The van der Waals surface area contributed by atoms with Gasteiger partial charge in [-0.2, -0.15) is 0 Å². The Bertz CT molecular complexity index is 1240. The third-order valence-corrected chi connectivity index (χ3v) is 8.37. The second kappa shape index (κ2) is 12.5. The summed E-state index contributed by atoms with van der Waals surface area (Å²) < 4.78 is 11.5. The van der Waals surface area contributed by atoms with E-state index in [4.69, 9.17) is 9.47 Å². The lowest BCUT2D eigenvalue weighted by Gasteiger charge is -2.38. The van der Waals surface area contributed by atoms with Crippen molar-refractivity contribution in [2.75, 3.05) is 26.8 Å². The third-order valence-electron chi connectivity index (χ3n) is 7.38. The Hall–Kier alpha value is -3.32. The summed E-state index contributed by atoms with van der Waals surface area (Å²) in [5.41, 5.74) is 2.92. The molecule has 2 aromatic carbocycles.